The van der Waals surface area contributed by atoms with E-state index < -0.39 is 12.1 Å². The molecule has 0 bridgehead atoms. The molecule has 0 radical (unpaired) electrons. The molecule has 0 saturated carbocycles. The van der Waals surface area contributed by atoms with E-state index in [1.807, 2.05) is 38.1 Å². The maximum absolute atomic E-state index is 12.7. The highest BCUT2D eigenvalue weighted by Gasteiger charge is 2.19. The maximum atomic E-state index is 12.7. The van der Waals surface area contributed by atoms with E-state index in [1.54, 1.807) is 24.3 Å². The van der Waals surface area contributed by atoms with Crippen molar-refractivity contribution in [2.24, 2.45) is 5.73 Å². The minimum Gasteiger partial charge on any atom is -0.352 e. The molecule has 160 valence electrons. The van der Waals surface area contributed by atoms with Crippen LogP contribution in [0.1, 0.15) is 36.2 Å². The lowest BCUT2D eigenvalue weighted by atomic mass is 9.98. The minimum atomic E-state index is -0.700. The highest BCUT2D eigenvalue weighted by molar-refractivity contribution is 5.92. The molecule has 3 aromatic rings. The molecule has 0 aliphatic heterocycles. The van der Waals surface area contributed by atoms with Crippen LogP contribution in [0.5, 0.6) is 0 Å². The number of nitrogens with two attached hydrogens (primary N) is 1. The molecule has 1 heterocycles. The summed E-state index contributed by atoms with van der Waals surface area (Å²) >= 11 is 0. The second-order valence-electron chi connectivity index (χ2n) is 7.19. The normalized spacial score (nSPS) is 11.5. The Kier molecular flexibility index (Phi) is 6.81. The van der Waals surface area contributed by atoms with Crippen molar-refractivity contribution in [3.8, 4) is 11.4 Å². The summed E-state index contributed by atoms with van der Waals surface area (Å²) in [6.07, 6.45) is 0.652. The van der Waals surface area contributed by atoms with Crippen molar-refractivity contribution in [3.05, 3.63) is 81.8 Å². The number of rotatable bonds is 7. The number of aromatic nitrogens is 2. The molecule has 1 unspecified atom stereocenters. The van der Waals surface area contributed by atoms with Crippen LogP contribution in [0.2, 0.25) is 0 Å². The van der Waals surface area contributed by atoms with Crippen molar-refractivity contribution < 1.29 is 9.59 Å². The van der Waals surface area contributed by atoms with E-state index >= 15 is 0 Å². The lowest BCUT2D eigenvalue weighted by Gasteiger charge is -2.19. The monoisotopic (exact) mass is 419 g/mol. The van der Waals surface area contributed by atoms with Crippen LogP contribution in [-0.4, -0.2) is 21.9 Å². The third-order valence-electron chi connectivity index (χ3n) is 4.85. The van der Waals surface area contributed by atoms with Gasteiger partial charge in [-0.15, -0.1) is 0 Å². The minimum absolute atomic E-state index is 0.0123. The lowest BCUT2D eigenvalue weighted by molar-refractivity contribution is -0.116. The van der Waals surface area contributed by atoms with Gasteiger partial charge in [-0.25, -0.2) is 9.78 Å². The number of carbonyl (C=O) groups is 2. The Morgan fingerprint density at radius 1 is 1.13 bits per heavy atom. The molecule has 2 aromatic carbocycles. The van der Waals surface area contributed by atoms with Gasteiger partial charge in [-0.05, 0) is 36.6 Å². The van der Waals surface area contributed by atoms with Gasteiger partial charge in [0.25, 0.3) is 5.56 Å². The van der Waals surface area contributed by atoms with Crippen LogP contribution in [-0.2, 0) is 11.2 Å². The third kappa shape index (κ3) is 5.79. The number of primary amides is 1. The number of aromatic amines is 1. The summed E-state index contributed by atoms with van der Waals surface area (Å²) in [5, 5.41) is 5.48. The molecule has 8 heteroatoms. The van der Waals surface area contributed by atoms with Crippen molar-refractivity contribution in [3.63, 3.8) is 0 Å². The van der Waals surface area contributed by atoms with Crippen molar-refractivity contribution in [1.29, 1.82) is 0 Å². The number of amides is 3. The summed E-state index contributed by atoms with van der Waals surface area (Å²) in [6, 6.07) is 14.8. The topological polar surface area (TPSA) is 130 Å². The Bertz CT molecular complexity index is 1160. The number of anilines is 1. The molecule has 3 amide bonds. The van der Waals surface area contributed by atoms with Crippen molar-refractivity contribution >= 4 is 17.6 Å². The number of benzene rings is 2. The van der Waals surface area contributed by atoms with Gasteiger partial charge in [0.15, 0.2) is 0 Å². The highest BCUT2D eigenvalue weighted by atomic mass is 16.2. The molecule has 1 atom stereocenters. The molecule has 3 rings (SSSR count). The summed E-state index contributed by atoms with van der Waals surface area (Å²) in [7, 11) is 0. The summed E-state index contributed by atoms with van der Waals surface area (Å²) in [6.45, 7) is 3.83. The number of aryl methyl sites for hydroxylation is 2. The van der Waals surface area contributed by atoms with Crippen LogP contribution in [0, 0.1) is 6.92 Å². The molecule has 0 saturated heterocycles. The molecular formula is C23H25N5O3. The van der Waals surface area contributed by atoms with Crippen LogP contribution < -0.4 is 21.9 Å². The first-order chi connectivity index (χ1) is 14.9. The average Bonchev–Trinajstić information content (AvgIpc) is 2.73. The van der Waals surface area contributed by atoms with Gasteiger partial charge in [0.2, 0.25) is 5.91 Å². The number of hydrogen-bond acceptors (Lipinski definition) is 4. The molecule has 0 spiro atoms. The quantitative estimate of drug-likeness (QED) is 0.469. The SMILES string of the molecule is CCc1cc(=O)[nH]c(-c2cccc(NC(=O)CC(NC(N)=O)c3ccccc3C)c2)n1. The van der Waals surface area contributed by atoms with E-state index in [4.69, 9.17) is 5.73 Å². The van der Waals surface area contributed by atoms with Crippen LogP contribution in [0.3, 0.4) is 0 Å². The van der Waals surface area contributed by atoms with E-state index in [0.29, 0.717) is 29.2 Å². The number of H-pyrrole nitrogens is 1. The second kappa shape index (κ2) is 9.71. The molecule has 31 heavy (non-hydrogen) atoms. The smallest absolute Gasteiger partial charge is 0.312 e. The molecular weight excluding hydrogens is 394 g/mol. The van der Waals surface area contributed by atoms with Crippen molar-refractivity contribution in [1.82, 2.24) is 15.3 Å². The fraction of sp³-hybridized carbons (Fsp3) is 0.217. The number of nitrogens with one attached hydrogen (secondary N) is 3. The average molecular weight is 419 g/mol. The van der Waals surface area contributed by atoms with Gasteiger partial charge in [0, 0.05) is 23.0 Å². The Morgan fingerprint density at radius 3 is 2.61 bits per heavy atom. The van der Waals surface area contributed by atoms with E-state index in [9.17, 15) is 14.4 Å². The Morgan fingerprint density at radius 2 is 1.90 bits per heavy atom. The number of urea groups is 1. The first-order valence-electron chi connectivity index (χ1n) is 9.97. The Balaban J connectivity index is 1.79. The molecule has 0 aliphatic carbocycles. The summed E-state index contributed by atoms with van der Waals surface area (Å²) in [4.78, 5) is 43.2. The van der Waals surface area contributed by atoms with Gasteiger partial charge in [0.1, 0.15) is 5.82 Å². The van der Waals surface area contributed by atoms with Crippen LogP contribution >= 0.6 is 0 Å². The summed E-state index contributed by atoms with van der Waals surface area (Å²) in [5.41, 5.74) is 8.77. The lowest BCUT2D eigenvalue weighted by Crippen LogP contribution is -2.35. The zero-order chi connectivity index (χ0) is 22.4. The number of nitrogens with zero attached hydrogens (tertiary/aromatic N) is 1. The highest BCUT2D eigenvalue weighted by Crippen LogP contribution is 2.23. The van der Waals surface area contributed by atoms with Crippen molar-refractivity contribution in [2.75, 3.05) is 5.32 Å². The zero-order valence-electron chi connectivity index (χ0n) is 17.4. The summed E-state index contributed by atoms with van der Waals surface area (Å²) in [5.74, 6) is 0.150. The van der Waals surface area contributed by atoms with Gasteiger partial charge in [-0.2, -0.15) is 0 Å². The first kappa shape index (κ1) is 21.8. The van der Waals surface area contributed by atoms with Gasteiger partial charge in [-0.1, -0.05) is 43.3 Å². The van der Waals surface area contributed by atoms with E-state index in [0.717, 1.165) is 11.1 Å². The molecule has 5 N–H and O–H groups in total. The predicted octanol–water partition coefficient (Wildman–Crippen LogP) is 3.05. The number of hydrogen-bond donors (Lipinski definition) is 4. The molecule has 0 aliphatic rings. The third-order valence-corrected chi connectivity index (χ3v) is 4.85. The van der Waals surface area contributed by atoms with Gasteiger partial charge < -0.3 is 21.4 Å². The first-order valence-corrected chi connectivity index (χ1v) is 9.97. The van der Waals surface area contributed by atoms with Crippen LogP contribution in [0.15, 0.2) is 59.4 Å². The van der Waals surface area contributed by atoms with Crippen LogP contribution in [0.4, 0.5) is 10.5 Å². The molecule has 0 fully saturated rings. The van der Waals surface area contributed by atoms with Gasteiger partial charge in [-0.3, -0.25) is 9.59 Å². The van der Waals surface area contributed by atoms with E-state index in [1.165, 1.54) is 6.07 Å². The Hall–Kier alpha value is -3.94. The molecule has 1 aromatic heterocycles. The summed E-state index contributed by atoms with van der Waals surface area (Å²) < 4.78 is 0. The zero-order valence-corrected chi connectivity index (χ0v) is 17.4. The molecule has 8 nitrogen and oxygen atoms in total. The second-order valence-corrected chi connectivity index (χ2v) is 7.19. The van der Waals surface area contributed by atoms with Crippen molar-refractivity contribution in [2.45, 2.75) is 32.7 Å². The van der Waals surface area contributed by atoms with Gasteiger partial charge >= 0.3 is 6.03 Å². The van der Waals surface area contributed by atoms with Gasteiger partial charge in [0.05, 0.1) is 12.5 Å². The predicted molar refractivity (Wildman–Crippen MR) is 120 cm³/mol. The Labute approximate surface area is 179 Å². The standard InChI is InChI=1S/C23H25N5O3/c1-3-16-12-20(29)28-22(26-16)15-8-6-9-17(11-15)25-21(30)13-19(27-23(24)31)18-10-5-4-7-14(18)2/h4-12,19H,3,13H2,1-2H3,(H,25,30)(H3,24,27,31)(H,26,28,29). The van der Waals surface area contributed by atoms with E-state index in [2.05, 4.69) is 20.6 Å². The maximum Gasteiger partial charge on any atom is 0.312 e. The fourth-order valence-electron chi connectivity index (χ4n) is 3.36. The fourth-order valence-corrected chi connectivity index (χ4v) is 3.36. The number of carbonyl (C=O) groups excluding carboxylic acids is 2. The largest absolute Gasteiger partial charge is 0.352 e. The van der Waals surface area contributed by atoms with Crippen LogP contribution in [0.25, 0.3) is 11.4 Å². The van der Waals surface area contributed by atoms with E-state index in [-0.39, 0.29) is 17.9 Å².